The molecule has 0 aromatic carbocycles. The van der Waals surface area contributed by atoms with Gasteiger partial charge in [0.15, 0.2) is 0 Å². The van der Waals surface area contributed by atoms with Crippen molar-refractivity contribution < 1.29 is 4.42 Å². The molecule has 2 aromatic heterocycles. The molecule has 17 heavy (non-hydrogen) atoms. The normalized spacial score (nSPS) is 12.1. The van der Waals surface area contributed by atoms with Gasteiger partial charge in [0.25, 0.3) is 0 Å². The number of rotatable bonds is 3. The Hall–Kier alpha value is -1.71. The molecule has 0 atom stereocenters. The molecule has 0 radical (unpaired) electrons. The van der Waals surface area contributed by atoms with Crippen LogP contribution in [0, 0.1) is 0 Å². The van der Waals surface area contributed by atoms with Gasteiger partial charge in [-0.3, -0.25) is 4.98 Å². The first-order chi connectivity index (χ1) is 8.01. The first kappa shape index (κ1) is 11.8. The van der Waals surface area contributed by atoms with Gasteiger partial charge in [0, 0.05) is 12.1 Å². The maximum absolute atomic E-state index is 5.70. The summed E-state index contributed by atoms with van der Waals surface area (Å²) in [5.74, 6) is 1.53. The van der Waals surface area contributed by atoms with Crippen LogP contribution in [0.15, 0.2) is 28.8 Å². The highest BCUT2D eigenvalue weighted by Gasteiger charge is 2.31. The number of hydrogen-bond acceptors (Lipinski definition) is 4. The Morgan fingerprint density at radius 3 is 2.47 bits per heavy atom. The maximum atomic E-state index is 5.70. The average molecular weight is 231 g/mol. The van der Waals surface area contributed by atoms with E-state index in [1.165, 1.54) is 0 Å². The first-order valence-electron chi connectivity index (χ1n) is 5.77. The summed E-state index contributed by atoms with van der Waals surface area (Å²) in [5, 5.41) is 8.19. The van der Waals surface area contributed by atoms with E-state index in [1.54, 1.807) is 6.20 Å². The standard InChI is InChI=1S/C13H17N3O/c1-9(2)11-15-16-12(17-11)13(3,4)10-7-5-6-8-14-10/h5-9H,1-4H3. The van der Waals surface area contributed by atoms with Gasteiger partial charge in [0.1, 0.15) is 0 Å². The highest BCUT2D eigenvalue weighted by Crippen LogP contribution is 2.29. The summed E-state index contributed by atoms with van der Waals surface area (Å²) >= 11 is 0. The molecule has 4 heteroatoms. The fraction of sp³-hybridized carbons (Fsp3) is 0.462. The van der Waals surface area contributed by atoms with Crippen LogP contribution < -0.4 is 0 Å². The second-order valence-electron chi connectivity index (χ2n) is 4.94. The van der Waals surface area contributed by atoms with Crippen LogP contribution in [0.3, 0.4) is 0 Å². The molecule has 90 valence electrons. The predicted molar refractivity (Wildman–Crippen MR) is 64.8 cm³/mol. The predicted octanol–water partition coefficient (Wildman–Crippen LogP) is 2.91. The quantitative estimate of drug-likeness (QED) is 0.815. The number of aromatic nitrogens is 3. The van der Waals surface area contributed by atoms with E-state index in [9.17, 15) is 0 Å². The third-order valence-electron chi connectivity index (χ3n) is 2.77. The summed E-state index contributed by atoms with van der Waals surface area (Å²) < 4.78 is 5.70. The molecule has 2 rings (SSSR count). The number of hydrogen-bond donors (Lipinski definition) is 0. The zero-order valence-corrected chi connectivity index (χ0v) is 10.6. The lowest BCUT2D eigenvalue weighted by Gasteiger charge is -2.18. The van der Waals surface area contributed by atoms with Crippen LogP contribution in [-0.2, 0) is 5.41 Å². The molecule has 0 aliphatic heterocycles. The van der Waals surface area contributed by atoms with Crippen molar-refractivity contribution in [1.82, 2.24) is 15.2 Å². The largest absolute Gasteiger partial charge is 0.424 e. The topological polar surface area (TPSA) is 51.8 Å². The molecule has 4 nitrogen and oxygen atoms in total. The Kier molecular flexibility index (Phi) is 2.96. The fourth-order valence-electron chi connectivity index (χ4n) is 1.56. The van der Waals surface area contributed by atoms with Crippen LogP contribution >= 0.6 is 0 Å². The summed E-state index contributed by atoms with van der Waals surface area (Å²) in [4.78, 5) is 4.35. The van der Waals surface area contributed by atoms with Crippen molar-refractivity contribution in [2.75, 3.05) is 0 Å². The zero-order valence-electron chi connectivity index (χ0n) is 10.6. The second kappa shape index (κ2) is 4.28. The van der Waals surface area contributed by atoms with Gasteiger partial charge in [-0.1, -0.05) is 19.9 Å². The highest BCUT2D eigenvalue weighted by molar-refractivity contribution is 5.22. The highest BCUT2D eigenvalue weighted by atomic mass is 16.4. The van der Waals surface area contributed by atoms with Gasteiger partial charge >= 0.3 is 0 Å². The SMILES string of the molecule is CC(C)c1nnc(C(C)(C)c2ccccn2)o1. The van der Waals surface area contributed by atoms with Crippen LogP contribution in [0.4, 0.5) is 0 Å². The molecule has 0 N–H and O–H groups in total. The van der Waals surface area contributed by atoms with Crippen molar-refractivity contribution in [3.63, 3.8) is 0 Å². The van der Waals surface area contributed by atoms with Gasteiger partial charge in [-0.05, 0) is 26.0 Å². The molecule has 2 heterocycles. The van der Waals surface area contributed by atoms with Crippen molar-refractivity contribution in [3.05, 3.63) is 41.9 Å². The minimum Gasteiger partial charge on any atom is -0.424 e. The van der Waals surface area contributed by atoms with Crippen molar-refractivity contribution in [3.8, 4) is 0 Å². The molecule has 0 unspecified atom stereocenters. The van der Waals surface area contributed by atoms with E-state index in [0.29, 0.717) is 11.8 Å². The van der Waals surface area contributed by atoms with Gasteiger partial charge in [0.2, 0.25) is 11.8 Å². The Balaban J connectivity index is 2.37. The summed E-state index contributed by atoms with van der Waals surface area (Å²) in [6.45, 7) is 8.13. The van der Waals surface area contributed by atoms with E-state index in [1.807, 2.05) is 45.9 Å². The molecule has 0 saturated carbocycles. The maximum Gasteiger partial charge on any atom is 0.228 e. The molecule has 2 aromatic rings. The van der Waals surface area contributed by atoms with Crippen molar-refractivity contribution in [1.29, 1.82) is 0 Å². The molecule has 0 bridgehead atoms. The fourth-order valence-corrected chi connectivity index (χ4v) is 1.56. The summed E-state index contributed by atoms with van der Waals surface area (Å²) in [6.07, 6.45) is 1.77. The zero-order chi connectivity index (χ0) is 12.5. The smallest absolute Gasteiger partial charge is 0.228 e. The third-order valence-corrected chi connectivity index (χ3v) is 2.77. The van der Waals surface area contributed by atoms with Crippen molar-refractivity contribution in [2.24, 2.45) is 0 Å². The lowest BCUT2D eigenvalue weighted by Crippen LogP contribution is -2.20. The van der Waals surface area contributed by atoms with Crippen LogP contribution in [0.2, 0.25) is 0 Å². The molecular formula is C13H17N3O. The van der Waals surface area contributed by atoms with Gasteiger partial charge < -0.3 is 4.42 Å². The van der Waals surface area contributed by atoms with Crippen LogP contribution in [0.25, 0.3) is 0 Å². The van der Waals surface area contributed by atoms with Gasteiger partial charge in [-0.25, -0.2) is 0 Å². The second-order valence-corrected chi connectivity index (χ2v) is 4.94. The number of pyridine rings is 1. The van der Waals surface area contributed by atoms with Crippen LogP contribution in [0.1, 0.15) is 51.1 Å². The summed E-state index contributed by atoms with van der Waals surface area (Å²) in [7, 11) is 0. The molecule has 0 aliphatic carbocycles. The summed E-state index contributed by atoms with van der Waals surface area (Å²) in [5.41, 5.74) is 0.570. The van der Waals surface area contributed by atoms with E-state index >= 15 is 0 Å². The Bertz CT molecular complexity index is 488. The first-order valence-corrected chi connectivity index (χ1v) is 5.77. The van der Waals surface area contributed by atoms with Crippen molar-refractivity contribution in [2.45, 2.75) is 39.0 Å². The lowest BCUT2D eigenvalue weighted by molar-refractivity contribution is 0.374. The average Bonchev–Trinajstić information content (AvgIpc) is 2.80. The van der Waals surface area contributed by atoms with Gasteiger partial charge in [-0.15, -0.1) is 10.2 Å². The Morgan fingerprint density at radius 1 is 1.18 bits per heavy atom. The molecule has 0 spiro atoms. The molecule has 0 amide bonds. The van der Waals surface area contributed by atoms with Gasteiger partial charge in [-0.2, -0.15) is 0 Å². The van der Waals surface area contributed by atoms with Crippen LogP contribution in [0.5, 0.6) is 0 Å². The van der Waals surface area contributed by atoms with E-state index in [0.717, 1.165) is 5.69 Å². The monoisotopic (exact) mass is 231 g/mol. The van der Waals surface area contributed by atoms with E-state index in [-0.39, 0.29) is 11.3 Å². The minimum absolute atomic E-state index is 0.246. The lowest BCUT2D eigenvalue weighted by atomic mass is 9.89. The number of nitrogens with zero attached hydrogens (tertiary/aromatic N) is 3. The minimum atomic E-state index is -0.360. The van der Waals surface area contributed by atoms with Crippen LogP contribution in [-0.4, -0.2) is 15.2 Å². The Labute approximate surface area is 101 Å². The van der Waals surface area contributed by atoms with Crippen molar-refractivity contribution >= 4 is 0 Å². The molecular weight excluding hydrogens is 214 g/mol. The van der Waals surface area contributed by atoms with Gasteiger partial charge in [0.05, 0.1) is 11.1 Å². The van der Waals surface area contributed by atoms with E-state index in [4.69, 9.17) is 4.42 Å². The Morgan fingerprint density at radius 2 is 1.94 bits per heavy atom. The third kappa shape index (κ3) is 2.20. The molecule has 0 aliphatic rings. The summed E-state index contributed by atoms with van der Waals surface area (Å²) in [6, 6.07) is 5.83. The van der Waals surface area contributed by atoms with E-state index < -0.39 is 0 Å². The molecule has 0 fully saturated rings. The molecule has 0 saturated heterocycles. The van der Waals surface area contributed by atoms with E-state index in [2.05, 4.69) is 15.2 Å².